The first-order chi connectivity index (χ1) is 11.8. The van der Waals surface area contributed by atoms with E-state index in [2.05, 4.69) is 45.4 Å². The quantitative estimate of drug-likeness (QED) is 0.776. The fourth-order valence-corrected chi connectivity index (χ4v) is 3.06. The average molecular weight is 340 g/mol. The SMILES string of the molecule is Clc1ccc(-c2cc(-c3cccc(N4CCOCC4)c3)[nH]n2)cc1. The molecule has 0 bridgehead atoms. The molecule has 3 aromatic rings. The Bertz CT molecular complexity index is 823. The number of benzene rings is 2. The van der Waals surface area contributed by atoms with Crippen LogP contribution in [0.2, 0.25) is 5.02 Å². The highest BCUT2D eigenvalue weighted by molar-refractivity contribution is 6.30. The molecule has 122 valence electrons. The van der Waals surface area contributed by atoms with Gasteiger partial charge in [0.2, 0.25) is 0 Å². The topological polar surface area (TPSA) is 41.1 Å². The lowest BCUT2D eigenvalue weighted by Gasteiger charge is -2.29. The van der Waals surface area contributed by atoms with Crippen molar-refractivity contribution in [2.45, 2.75) is 0 Å². The highest BCUT2D eigenvalue weighted by Crippen LogP contribution is 2.27. The molecule has 2 heterocycles. The first kappa shape index (κ1) is 15.2. The van der Waals surface area contributed by atoms with Crippen LogP contribution in [0.25, 0.3) is 22.5 Å². The molecule has 5 heteroatoms. The van der Waals surface area contributed by atoms with Gasteiger partial charge in [-0.25, -0.2) is 0 Å². The third-order valence-corrected chi connectivity index (χ3v) is 4.50. The van der Waals surface area contributed by atoms with Gasteiger partial charge in [-0.05, 0) is 30.3 Å². The van der Waals surface area contributed by atoms with Crippen LogP contribution in [0.1, 0.15) is 0 Å². The minimum Gasteiger partial charge on any atom is -0.378 e. The molecule has 1 N–H and O–H groups in total. The van der Waals surface area contributed by atoms with Gasteiger partial charge in [0.1, 0.15) is 0 Å². The number of hydrogen-bond donors (Lipinski definition) is 1. The van der Waals surface area contributed by atoms with Crippen molar-refractivity contribution in [3.8, 4) is 22.5 Å². The number of nitrogens with zero attached hydrogens (tertiary/aromatic N) is 2. The first-order valence-electron chi connectivity index (χ1n) is 8.04. The molecule has 0 atom stereocenters. The van der Waals surface area contributed by atoms with Gasteiger partial charge in [0, 0.05) is 34.9 Å². The van der Waals surface area contributed by atoms with Crippen molar-refractivity contribution in [2.24, 2.45) is 0 Å². The van der Waals surface area contributed by atoms with Crippen molar-refractivity contribution in [2.75, 3.05) is 31.2 Å². The van der Waals surface area contributed by atoms with Crippen LogP contribution in [0.5, 0.6) is 0 Å². The molecule has 0 radical (unpaired) electrons. The van der Waals surface area contributed by atoms with Gasteiger partial charge in [-0.2, -0.15) is 5.10 Å². The molecule has 1 fully saturated rings. The molecule has 1 aliphatic rings. The van der Waals surface area contributed by atoms with Crippen molar-refractivity contribution in [3.63, 3.8) is 0 Å². The summed E-state index contributed by atoms with van der Waals surface area (Å²) in [6.45, 7) is 3.44. The zero-order chi connectivity index (χ0) is 16.4. The second-order valence-corrected chi connectivity index (χ2v) is 6.26. The summed E-state index contributed by atoms with van der Waals surface area (Å²) in [5.74, 6) is 0. The summed E-state index contributed by atoms with van der Waals surface area (Å²) in [6, 6.07) is 18.3. The molecule has 1 saturated heterocycles. The maximum atomic E-state index is 5.95. The molecule has 24 heavy (non-hydrogen) atoms. The third-order valence-electron chi connectivity index (χ3n) is 4.25. The van der Waals surface area contributed by atoms with Crippen LogP contribution >= 0.6 is 11.6 Å². The molecular weight excluding hydrogens is 322 g/mol. The minimum absolute atomic E-state index is 0.729. The number of halogens is 1. The van der Waals surface area contributed by atoms with Crippen molar-refractivity contribution < 1.29 is 4.74 Å². The fraction of sp³-hybridized carbons (Fsp3) is 0.211. The minimum atomic E-state index is 0.729. The van der Waals surface area contributed by atoms with Gasteiger partial charge in [0.05, 0.1) is 24.6 Å². The molecule has 4 rings (SSSR count). The lowest BCUT2D eigenvalue weighted by atomic mass is 10.1. The Kier molecular flexibility index (Phi) is 4.24. The smallest absolute Gasteiger partial charge is 0.0927 e. The Hall–Kier alpha value is -2.30. The van der Waals surface area contributed by atoms with Gasteiger partial charge in [-0.3, -0.25) is 5.10 Å². The predicted octanol–water partition coefficient (Wildman–Crippen LogP) is 4.23. The molecule has 0 aliphatic carbocycles. The van der Waals surface area contributed by atoms with Crippen LogP contribution in [0, 0.1) is 0 Å². The average Bonchev–Trinajstić information content (AvgIpc) is 3.13. The largest absolute Gasteiger partial charge is 0.378 e. The molecule has 0 amide bonds. The van der Waals surface area contributed by atoms with Crippen LogP contribution in [0.15, 0.2) is 54.6 Å². The van der Waals surface area contributed by atoms with Gasteiger partial charge in [0.15, 0.2) is 0 Å². The van der Waals surface area contributed by atoms with E-state index in [4.69, 9.17) is 16.3 Å². The lowest BCUT2D eigenvalue weighted by Crippen LogP contribution is -2.36. The number of aromatic nitrogens is 2. The summed E-state index contributed by atoms with van der Waals surface area (Å²) in [7, 11) is 0. The van der Waals surface area contributed by atoms with Crippen molar-refractivity contribution in [1.29, 1.82) is 0 Å². The Morgan fingerprint density at radius 3 is 2.54 bits per heavy atom. The number of hydrogen-bond acceptors (Lipinski definition) is 3. The van der Waals surface area contributed by atoms with E-state index >= 15 is 0 Å². The number of rotatable bonds is 3. The van der Waals surface area contributed by atoms with E-state index in [0.717, 1.165) is 53.8 Å². The van der Waals surface area contributed by atoms with Gasteiger partial charge in [-0.1, -0.05) is 35.9 Å². The summed E-state index contributed by atoms with van der Waals surface area (Å²) in [6.07, 6.45) is 0. The van der Waals surface area contributed by atoms with Crippen molar-refractivity contribution >= 4 is 17.3 Å². The summed E-state index contributed by atoms with van der Waals surface area (Å²) in [4.78, 5) is 2.35. The first-order valence-corrected chi connectivity index (χ1v) is 8.42. The number of morpholine rings is 1. The summed E-state index contributed by atoms with van der Waals surface area (Å²) >= 11 is 5.95. The molecular formula is C19H18ClN3O. The van der Waals surface area contributed by atoms with Gasteiger partial charge >= 0.3 is 0 Å². The zero-order valence-corrected chi connectivity index (χ0v) is 14.0. The summed E-state index contributed by atoms with van der Waals surface area (Å²) < 4.78 is 5.43. The van der Waals surface area contributed by atoms with E-state index in [-0.39, 0.29) is 0 Å². The van der Waals surface area contributed by atoms with E-state index in [9.17, 15) is 0 Å². The van der Waals surface area contributed by atoms with E-state index in [1.54, 1.807) is 0 Å². The second-order valence-electron chi connectivity index (χ2n) is 5.82. The molecule has 0 unspecified atom stereocenters. The Morgan fingerprint density at radius 1 is 0.958 bits per heavy atom. The fourth-order valence-electron chi connectivity index (χ4n) is 2.93. The highest BCUT2D eigenvalue weighted by atomic mass is 35.5. The van der Waals surface area contributed by atoms with Crippen molar-refractivity contribution in [1.82, 2.24) is 10.2 Å². The van der Waals surface area contributed by atoms with Crippen LogP contribution in [0.3, 0.4) is 0 Å². The molecule has 1 aromatic heterocycles. The number of ether oxygens (including phenoxy) is 1. The Morgan fingerprint density at radius 2 is 1.75 bits per heavy atom. The van der Waals surface area contributed by atoms with E-state index in [1.807, 2.05) is 24.3 Å². The zero-order valence-electron chi connectivity index (χ0n) is 13.2. The van der Waals surface area contributed by atoms with Crippen LogP contribution in [-0.2, 0) is 4.74 Å². The summed E-state index contributed by atoms with van der Waals surface area (Å²) in [5.41, 5.74) is 5.32. The monoisotopic (exact) mass is 339 g/mol. The van der Waals surface area contributed by atoms with E-state index < -0.39 is 0 Å². The Balaban J connectivity index is 1.61. The van der Waals surface area contributed by atoms with Crippen LogP contribution in [-0.4, -0.2) is 36.5 Å². The molecule has 0 spiro atoms. The predicted molar refractivity (Wildman–Crippen MR) is 97.5 cm³/mol. The second kappa shape index (κ2) is 6.67. The molecule has 2 aromatic carbocycles. The number of anilines is 1. The van der Waals surface area contributed by atoms with Crippen molar-refractivity contribution in [3.05, 3.63) is 59.6 Å². The number of H-pyrrole nitrogens is 1. The summed E-state index contributed by atoms with van der Waals surface area (Å²) in [5, 5.41) is 8.30. The lowest BCUT2D eigenvalue weighted by molar-refractivity contribution is 0.122. The molecule has 1 aliphatic heterocycles. The number of nitrogens with one attached hydrogen (secondary N) is 1. The standard InChI is InChI=1S/C19H18ClN3O/c20-16-6-4-14(5-7-16)18-13-19(22-21-18)15-2-1-3-17(12-15)23-8-10-24-11-9-23/h1-7,12-13H,8-11H2,(H,21,22). The normalized spacial score (nSPS) is 14.8. The maximum absolute atomic E-state index is 5.95. The van der Waals surface area contributed by atoms with E-state index in [0.29, 0.717) is 0 Å². The Labute approximate surface area is 146 Å². The number of aromatic amines is 1. The maximum Gasteiger partial charge on any atom is 0.0927 e. The van der Waals surface area contributed by atoms with Gasteiger partial charge in [0.25, 0.3) is 0 Å². The molecule has 0 saturated carbocycles. The third kappa shape index (κ3) is 3.16. The van der Waals surface area contributed by atoms with E-state index in [1.165, 1.54) is 5.69 Å². The molecule has 4 nitrogen and oxygen atoms in total. The highest BCUT2D eigenvalue weighted by Gasteiger charge is 2.12. The van der Waals surface area contributed by atoms with Crippen LogP contribution in [0.4, 0.5) is 5.69 Å². The van der Waals surface area contributed by atoms with Gasteiger partial charge in [-0.15, -0.1) is 0 Å². The van der Waals surface area contributed by atoms with Crippen LogP contribution < -0.4 is 4.90 Å². The van der Waals surface area contributed by atoms with Gasteiger partial charge < -0.3 is 9.64 Å².